The van der Waals surface area contributed by atoms with Gasteiger partial charge in [0.05, 0.1) is 13.2 Å². The molecule has 0 amide bonds. The van der Waals surface area contributed by atoms with Gasteiger partial charge in [0.25, 0.3) is 0 Å². The lowest BCUT2D eigenvalue weighted by atomic mass is 10.0. The minimum absolute atomic E-state index is 0. The molecule has 1 atom stereocenters. The van der Waals surface area contributed by atoms with Gasteiger partial charge in [0.2, 0.25) is 0 Å². The number of piperazine rings is 1. The van der Waals surface area contributed by atoms with Crippen molar-refractivity contribution in [3.63, 3.8) is 0 Å². The zero-order chi connectivity index (χ0) is 13.8. The van der Waals surface area contributed by atoms with Gasteiger partial charge in [-0.15, -0.1) is 19.0 Å². The van der Waals surface area contributed by atoms with Crippen molar-refractivity contribution in [3.05, 3.63) is 42.0 Å². The predicted molar refractivity (Wildman–Crippen MR) is 77.5 cm³/mol. The molecule has 0 aliphatic carbocycles. The SMILES string of the molecule is C=C[C@@H](c1c(F)ccc(OC)c1F)N1CCNCC1.Cl. The van der Waals surface area contributed by atoms with E-state index in [9.17, 15) is 8.78 Å². The Morgan fingerprint density at radius 1 is 1.35 bits per heavy atom. The minimum atomic E-state index is -0.647. The molecule has 1 aliphatic rings. The van der Waals surface area contributed by atoms with Gasteiger partial charge in [0.1, 0.15) is 5.82 Å². The van der Waals surface area contributed by atoms with E-state index in [0.717, 1.165) is 26.2 Å². The van der Waals surface area contributed by atoms with Gasteiger partial charge in [-0.3, -0.25) is 4.90 Å². The van der Waals surface area contributed by atoms with E-state index in [-0.39, 0.29) is 23.7 Å². The van der Waals surface area contributed by atoms with Crippen molar-refractivity contribution in [1.82, 2.24) is 10.2 Å². The van der Waals surface area contributed by atoms with E-state index in [0.29, 0.717) is 0 Å². The smallest absolute Gasteiger partial charge is 0.173 e. The summed E-state index contributed by atoms with van der Waals surface area (Å²) < 4.78 is 33.2. The van der Waals surface area contributed by atoms with Gasteiger partial charge < -0.3 is 10.1 Å². The standard InChI is InChI=1S/C14H18F2N2O.ClH/c1-3-11(18-8-6-17-7-9-18)13-10(15)4-5-12(19-2)14(13)16;/h3-5,11,17H,1,6-9H2,2H3;1H/t11-;/m0./s1. The summed E-state index contributed by atoms with van der Waals surface area (Å²) in [7, 11) is 1.37. The van der Waals surface area contributed by atoms with Crippen molar-refractivity contribution < 1.29 is 13.5 Å². The van der Waals surface area contributed by atoms with Gasteiger partial charge in [-0.25, -0.2) is 8.78 Å². The van der Waals surface area contributed by atoms with E-state index in [1.54, 1.807) is 6.08 Å². The van der Waals surface area contributed by atoms with Gasteiger partial charge in [0, 0.05) is 31.7 Å². The van der Waals surface area contributed by atoms with E-state index in [4.69, 9.17) is 4.74 Å². The zero-order valence-electron chi connectivity index (χ0n) is 11.4. The minimum Gasteiger partial charge on any atom is -0.494 e. The number of nitrogens with one attached hydrogen (secondary N) is 1. The van der Waals surface area contributed by atoms with Crippen molar-refractivity contribution >= 4 is 12.4 Å². The van der Waals surface area contributed by atoms with Crippen LogP contribution in [-0.4, -0.2) is 38.2 Å². The normalized spacial score (nSPS) is 17.1. The molecule has 112 valence electrons. The molecule has 1 heterocycles. The summed E-state index contributed by atoms with van der Waals surface area (Å²) in [5.74, 6) is -1.16. The predicted octanol–water partition coefficient (Wildman–Crippen LogP) is 2.53. The Balaban J connectivity index is 0.00000200. The first-order valence-electron chi connectivity index (χ1n) is 6.28. The second kappa shape index (κ2) is 7.57. The summed E-state index contributed by atoms with van der Waals surface area (Å²) in [6.45, 7) is 6.78. The van der Waals surface area contributed by atoms with Crippen LogP contribution in [0.15, 0.2) is 24.8 Å². The largest absolute Gasteiger partial charge is 0.494 e. The topological polar surface area (TPSA) is 24.5 Å². The highest BCUT2D eigenvalue weighted by Gasteiger charge is 2.26. The van der Waals surface area contributed by atoms with Crippen LogP contribution in [0.3, 0.4) is 0 Å². The van der Waals surface area contributed by atoms with Crippen molar-refractivity contribution in [2.45, 2.75) is 6.04 Å². The number of benzene rings is 1. The molecule has 1 N–H and O–H groups in total. The summed E-state index contributed by atoms with van der Waals surface area (Å²) in [6.07, 6.45) is 1.58. The number of hydrogen-bond acceptors (Lipinski definition) is 3. The molecule has 1 aliphatic heterocycles. The number of halogens is 3. The third kappa shape index (κ3) is 3.29. The fraction of sp³-hybridized carbons (Fsp3) is 0.429. The molecule has 20 heavy (non-hydrogen) atoms. The third-order valence-corrected chi connectivity index (χ3v) is 3.38. The molecule has 2 rings (SSSR count). The van der Waals surface area contributed by atoms with Crippen molar-refractivity contribution in [2.75, 3.05) is 33.3 Å². The number of methoxy groups -OCH3 is 1. The fourth-order valence-corrected chi connectivity index (χ4v) is 2.39. The van der Waals surface area contributed by atoms with Crippen LogP contribution in [0.25, 0.3) is 0 Å². The maximum Gasteiger partial charge on any atom is 0.173 e. The first kappa shape index (κ1) is 16.9. The van der Waals surface area contributed by atoms with E-state index < -0.39 is 17.7 Å². The highest BCUT2D eigenvalue weighted by Crippen LogP contribution is 2.32. The number of ether oxygens (including phenoxy) is 1. The van der Waals surface area contributed by atoms with Crippen LogP contribution in [0.5, 0.6) is 5.75 Å². The van der Waals surface area contributed by atoms with Gasteiger partial charge in [0.15, 0.2) is 11.6 Å². The Bertz CT molecular complexity index is 465. The highest BCUT2D eigenvalue weighted by atomic mass is 35.5. The number of hydrogen-bond donors (Lipinski definition) is 1. The van der Waals surface area contributed by atoms with Crippen molar-refractivity contribution in [3.8, 4) is 5.75 Å². The molecule has 6 heteroatoms. The summed E-state index contributed by atoms with van der Waals surface area (Å²) in [6, 6.07) is 2.05. The molecule has 0 unspecified atom stereocenters. The monoisotopic (exact) mass is 304 g/mol. The zero-order valence-corrected chi connectivity index (χ0v) is 12.2. The second-order valence-corrected chi connectivity index (χ2v) is 4.44. The molecular formula is C14H19ClF2N2O. The molecule has 1 aromatic carbocycles. The van der Waals surface area contributed by atoms with E-state index in [1.165, 1.54) is 19.2 Å². The summed E-state index contributed by atoms with van der Waals surface area (Å²) >= 11 is 0. The second-order valence-electron chi connectivity index (χ2n) is 4.44. The molecule has 1 fully saturated rings. The Hall–Kier alpha value is -1.17. The Kier molecular flexibility index (Phi) is 6.39. The lowest BCUT2D eigenvalue weighted by Gasteiger charge is -2.33. The number of rotatable bonds is 4. The van der Waals surface area contributed by atoms with Crippen LogP contribution in [0, 0.1) is 11.6 Å². The average molecular weight is 305 g/mol. The highest BCUT2D eigenvalue weighted by molar-refractivity contribution is 5.85. The molecular weight excluding hydrogens is 286 g/mol. The molecule has 0 radical (unpaired) electrons. The molecule has 1 aromatic rings. The molecule has 3 nitrogen and oxygen atoms in total. The van der Waals surface area contributed by atoms with Crippen molar-refractivity contribution in [1.29, 1.82) is 0 Å². The molecule has 1 saturated heterocycles. The Morgan fingerprint density at radius 3 is 2.55 bits per heavy atom. The van der Waals surface area contributed by atoms with Crippen LogP contribution >= 0.6 is 12.4 Å². The van der Waals surface area contributed by atoms with Crippen LogP contribution in [0.2, 0.25) is 0 Å². The lowest BCUT2D eigenvalue weighted by molar-refractivity contribution is 0.196. The first-order valence-corrected chi connectivity index (χ1v) is 6.28. The van der Waals surface area contributed by atoms with Crippen LogP contribution < -0.4 is 10.1 Å². The van der Waals surface area contributed by atoms with Gasteiger partial charge in [-0.2, -0.15) is 0 Å². The fourth-order valence-electron chi connectivity index (χ4n) is 2.39. The van der Waals surface area contributed by atoms with Crippen LogP contribution in [0.4, 0.5) is 8.78 Å². The molecule has 0 saturated carbocycles. The van der Waals surface area contributed by atoms with Gasteiger partial charge >= 0.3 is 0 Å². The Labute approximate surface area is 124 Å². The summed E-state index contributed by atoms with van der Waals surface area (Å²) in [4.78, 5) is 2.00. The molecule has 0 spiro atoms. The quantitative estimate of drug-likeness (QED) is 0.865. The average Bonchev–Trinajstić information content (AvgIpc) is 2.44. The Morgan fingerprint density at radius 2 is 2.00 bits per heavy atom. The molecule has 0 bridgehead atoms. The summed E-state index contributed by atoms with van der Waals surface area (Å²) in [5.41, 5.74) is 0.0104. The lowest BCUT2D eigenvalue weighted by Crippen LogP contribution is -2.45. The van der Waals surface area contributed by atoms with Crippen LogP contribution in [0.1, 0.15) is 11.6 Å². The first-order chi connectivity index (χ1) is 9.19. The van der Waals surface area contributed by atoms with E-state index in [1.807, 2.05) is 4.90 Å². The number of nitrogens with zero attached hydrogens (tertiary/aromatic N) is 1. The van der Waals surface area contributed by atoms with Gasteiger partial charge in [-0.1, -0.05) is 6.08 Å². The maximum atomic E-state index is 14.3. The van der Waals surface area contributed by atoms with E-state index >= 15 is 0 Å². The van der Waals surface area contributed by atoms with Crippen LogP contribution in [-0.2, 0) is 0 Å². The third-order valence-electron chi connectivity index (χ3n) is 3.38. The van der Waals surface area contributed by atoms with Gasteiger partial charge in [-0.05, 0) is 12.1 Å². The van der Waals surface area contributed by atoms with Crippen molar-refractivity contribution in [2.24, 2.45) is 0 Å². The summed E-state index contributed by atoms with van der Waals surface area (Å²) in [5, 5.41) is 3.21. The van der Waals surface area contributed by atoms with E-state index in [2.05, 4.69) is 11.9 Å². The molecule has 0 aromatic heterocycles. The maximum absolute atomic E-state index is 14.3.